The summed E-state index contributed by atoms with van der Waals surface area (Å²) in [7, 11) is 1.75. The van der Waals surface area contributed by atoms with Crippen molar-refractivity contribution in [1.82, 2.24) is 20.4 Å². The smallest absolute Gasteiger partial charge is 0.326 e. The summed E-state index contributed by atoms with van der Waals surface area (Å²) in [5.74, 6) is 0.417. The van der Waals surface area contributed by atoms with Crippen molar-refractivity contribution in [2.24, 2.45) is 5.92 Å². The molecule has 0 unspecified atom stereocenters. The van der Waals surface area contributed by atoms with Gasteiger partial charge in [-0.2, -0.15) is 0 Å². The van der Waals surface area contributed by atoms with Gasteiger partial charge in [-0.25, -0.2) is 9.69 Å². The van der Waals surface area contributed by atoms with Crippen LogP contribution in [-0.4, -0.2) is 59.5 Å². The first-order valence-corrected chi connectivity index (χ1v) is 8.52. The minimum Gasteiger partial charge on any atom is -0.352 e. The molecule has 7 heteroatoms. The molecule has 128 valence electrons. The highest BCUT2D eigenvalue weighted by atomic mass is 16.2. The van der Waals surface area contributed by atoms with E-state index in [4.69, 9.17) is 0 Å². The third-order valence-corrected chi connectivity index (χ3v) is 5.11. The van der Waals surface area contributed by atoms with Crippen LogP contribution in [0.4, 0.5) is 4.79 Å². The van der Waals surface area contributed by atoms with E-state index in [9.17, 15) is 14.4 Å². The number of carbonyl (C=O) groups is 3. The van der Waals surface area contributed by atoms with Gasteiger partial charge in [0.15, 0.2) is 0 Å². The number of likely N-dealkylation sites (N-methyl/N-ethyl adjacent to an activating group) is 1. The van der Waals surface area contributed by atoms with E-state index in [1.165, 1.54) is 4.90 Å². The summed E-state index contributed by atoms with van der Waals surface area (Å²) in [5, 5.41) is 5.81. The summed E-state index contributed by atoms with van der Waals surface area (Å²) in [6.45, 7) is 2.52. The number of rotatable bonds is 5. The third kappa shape index (κ3) is 3.49. The number of hydrogen-bond acceptors (Lipinski definition) is 4. The van der Waals surface area contributed by atoms with Crippen LogP contribution in [0.25, 0.3) is 0 Å². The van der Waals surface area contributed by atoms with E-state index in [-0.39, 0.29) is 31.1 Å². The number of nitrogens with zero attached hydrogens (tertiary/aromatic N) is 2. The standard InChI is InChI=1S/C16H26N4O3/c1-11-5-7-16(8-6-11)14(22)20(15(23)18-16)10-19(2)9-13(21)17-12-3-4-12/h11-12H,3-10H2,1-2H3,(H,17,21)(H,18,23). The second-order valence-electron chi connectivity index (χ2n) is 7.43. The maximum absolute atomic E-state index is 12.7. The average molecular weight is 322 g/mol. The van der Waals surface area contributed by atoms with Gasteiger partial charge in [0, 0.05) is 6.04 Å². The van der Waals surface area contributed by atoms with Crippen LogP contribution in [0.1, 0.15) is 45.4 Å². The van der Waals surface area contributed by atoms with Crippen LogP contribution >= 0.6 is 0 Å². The lowest BCUT2D eigenvalue weighted by Gasteiger charge is -2.33. The molecule has 0 aromatic carbocycles. The van der Waals surface area contributed by atoms with Crippen LogP contribution in [0.5, 0.6) is 0 Å². The summed E-state index contributed by atoms with van der Waals surface area (Å²) in [6.07, 6.45) is 5.42. The molecule has 4 amide bonds. The van der Waals surface area contributed by atoms with E-state index in [2.05, 4.69) is 17.6 Å². The molecule has 2 saturated carbocycles. The lowest BCUT2D eigenvalue weighted by molar-refractivity contribution is -0.135. The summed E-state index contributed by atoms with van der Waals surface area (Å²) >= 11 is 0. The zero-order valence-electron chi connectivity index (χ0n) is 13.9. The molecule has 3 aliphatic rings. The molecule has 0 radical (unpaired) electrons. The third-order valence-electron chi connectivity index (χ3n) is 5.11. The van der Waals surface area contributed by atoms with E-state index < -0.39 is 5.54 Å². The molecule has 0 aromatic heterocycles. The van der Waals surface area contributed by atoms with Gasteiger partial charge in [-0.1, -0.05) is 6.92 Å². The number of urea groups is 1. The Morgan fingerprint density at radius 2 is 1.96 bits per heavy atom. The van der Waals surface area contributed by atoms with Gasteiger partial charge in [-0.15, -0.1) is 0 Å². The van der Waals surface area contributed by atoms with E-state index >= 15 is 0 Å². The van der Waals surface area contributed by atoms with Gasteiger partial charge in [0.1, 0.15) is 5.54 Å². The van der Waals surface area contributed by atoms with Gasteiger partial charge in [0.2, 0.25) is 5.91 Å². The number of hydrogen-bond donors (Lipinski definition) is 2. The van der Waals surface area contributed by atoms with Crippen molar-refractivity contribution in [3.8, 4) is 0 Å². The minimum absolute atomic E-state index is 0.0525. The second-order valence-corrected chi connectivity index (χ2v) is 7.43. The molecular formula is C16H26N4O3. The summed E-state index contributed by atoms with van der Waals surface area (Å²) < 4.78 is 0. The molecule has 1 spiro atoms. The van der Waals surface area contributed by atoms with Crippen LogP contribution in [0.2, 0.25) is 0 Å². The zero-order valence-corrected chi connectivity index (χ0v) is 13.9. The molecule has 3 rings (SSSR count). The van der Waals surface area contributed by atoms with Crippen LogP contribution in [0.3, 0.4) is 0 Å². The lowest BCUT2D eigenvalue weighted by atomic mass is 9.77. The highest BCUT2D eigenvalue weighted by Crippen LogP contribution is 2.36. The fourth-order valence-electron chi connectivity index (χ4n) is 3.44. The largest absolute Gasteiger partial charge is 0.352 e. The number of amides is 4. The monoisotopic (exact) mass is 322 g/mol. The van der Waals surface area contributed by atoms with Gasteiger partial charge in [0.05, 0.1) is 13.2 Å². The quantitative estimate of drug-likeness (QED) is 0.728. The topological polar surface area (TPSA) is 81.8 Å². The Hall–Kier alpha value is -1.63. The van der Waals surface area contributed by atoms with Gasteiger partial charge < -0.3 is 10.6 Å². The summed E-state index contributed by atoms with van der Waals surface area (Å²) in [6, 6.07) is -0.0147. The van der Waals surface area contributed by atoms with E-state index in [0.717, 1.165) is 25.7 Å². The van der Waals surface area contributed by atoms with Gasteiger partial charge >= 0.3 is 6.03 Å². The second kappa shape index (κ2) is 6.11. The first kappa shape index (κ1) is 16.2. The van der Waals surface area contributed by atoms with Crippen molar-refractivity contribution in [2.45, 2.75) is 57.0 Å². The molecule has 23 heavy (non-hydrogen) atoms. The SMILES string of the molecule is CC1CCC2(CC1)NC(=O)N(CN(C)CC(=O)NC1CC1)C2=O. The van der Waals surface area contributed by atoms with Gasteiger partial charge in [-0.05, 0) is 51.5 Å². The average Bonchev–Trinajstić information content (AvgIpc) is 3.26. The Bertz CT molecular complexity index is 509. The summed E-state index contributed by atoms with van der Waals surface area (Å²) in [4.78, 5) is 39.7. The molecule has 1 aliphatic heterocycles. The fraction of sp³-hybridized carbons (Fsp3) is 0.812. The van der Waals surface area contributed by atoms with Crippen molar-refractivity contribution in [3.63, 3.8) is 0 Å². The first-order chi connectivity index (χ1) is 10.9. The Morgan fingerprint density at radius 3 is 2.57 bits per heavy atom. The van der Waals surface area contributed by atoms with Crippen molar-refractivity contribution in [1.29, 1.82) is 0 Å². The van der Waals surface area contributed by atoms with E-state index in [1.807, 2.05) is 0 Å². The van der Waals surface area contributed by atoms with Crippen molar-refractivity contribution in [2.75, 3.05) is 20.3 Å². The van der Waals surface area contributed by atoms with Crippen LogP contribution in [0.15, 0.2) is 0 Å². The number of nitrogens with one attached hydrogen (secondary N) is 2. The van der Waals surface area contributed by atoms with Crippen LogP contribution in [0, 0.1) is 5.92 Å². The molecule has 0 aromatic rings. The zero-order chi connectivity index (χ0) is 16.6. The Balaban J connectivity index is 1.55. The fourth-order valence-corrected chi connectivity index (χ4v) is 3.44. The number of imide groups is 1. The Labute approximate surface area is 136 Å². The molecule has 2 aliphatic carbocycles. The Kier molecular flexibility index (Phi) is 4.31. The molecule has 0 atom stereocenters. The van der Waals surface area contributed by atoms with Gasteiger partial charge in [0.25, 0.3) is 5.91 Å². The Morgan fingerprint density at radius 1 is 1.30 bits per heavy atom. The molecule has 3 fully saturated rings. The van der Waals surface area contributed by atoms with Crippen molar-refractivity contribution < 1.29 is 14.4 Å². The normalized spacial score (nSPS) is 30.9. The van der Waals surface area contributed by atoms with Crippen molar-refractivity contribution in [3.05, 3.63) is 0 Å². The predicted octanol–water partition coefficient (Wildman–Crippen LogP) is 0.655. The maximum atomic E-state index is 12.7. The summed E-state index contributed by atoms with van der Waals surface area (Å²) in [5.41, 5.74) is -0.708. The lowest BCUT2D eigenvalue weighted by Crippen LogP contribution is -2.50. The van der Waals surface area contributed by atoms with Gasteiger partial charge in [-0.3, -0.25) is 14.5 Å². The molecule has 1 saturated heterocycles. The molecule has 7 nitrogen and oxygen atoms in total. The van der Waals surface area contributed by atoms with Crippen LogP contribution in [-0.2, 0) is 9.59 Å². The highest BCUT2D eigenvalue weighted by Gasteiger charge is 2.52. The molecule has 1 heterocycles. The minimum atomic E-state index is -0.708. The maximum Gasteiger partial charge on any atom is 0.326 e. The van der Waals surface area contributed by atoms with Crippen molar-refractivity contribution >= 4 is 17.8 Å². The predicted molar refractivity (Wildman–Crippen MR) is 84.4 cm³/mol. The van der Waals surface area contributed by atoms with Crippen LogP contribution < -0.4 is 10.6 Å². The highest BCUT2D eigenvalue weighted by molar-refractivity contribution is 6.07. The van der Waals surface area contributed by atoms with E-state index in [0.29, 0.717) is 24.8 Å². The molecular weight excluding hydrogens is 296 g/mol. The van der Waals surface area contributed by atoms with E-state index in [1.54, 1.807) is 11.9 Å². The first-order valence-electron chi connectivity index (χ1n) is 8.52. The molecule has 0 bridgehead atoms. The number of carbonyl (C=O) groups excluding carboxylic acids is 3. The molecule has 2 N–H and O–H groups in total.